The van der Waals surface area contributed by atoms with Crippen molar-refractivity contribution in [1.29, 1.82) is 0 Å². The van der Waals surface area contributed by atoms with E-state index in [-0.39, 0.29) is 5.97 Å². The van der Waals surface area contributed by atoms with E-state index < -0.39 is 0 Å². The average molecular weight is 256 g/mol. The Morgan fingerprint density at radius 1 is 1.37 bits per heavy atom. The highest BCUT2D eigenvalue weighted by Gasteiger charge is 2.06. The molecule has 4 heteroatoms. The van der Waals surface area contributed by atoms with Gasteiger partial charge >= 0.3 is 5.97 Å². The maximum absolute atomic E-state index is 11.4. The summed E-state index contributed by atoms with van der Waals surface area (Å²) in [6, 6.07) is 9.28. The lowest BCUT2D eigenvalue weighted by Crippen LogP contribution is -2.01. The number of carbonyl (C=O) groups is 1. The zero-order chi connectivity index (χ0) is 13.8. The van der Waals surface area contributed by atoms with Crippen LogP contribution in [-0.2, 0) is 11.8 Å². The van der Waals surface area contributed by atoms with Crippen molar-refractivity contribution >= 4 is 17.9 Å². The molecule has 1 heterocycles. The Morgan fingerprint density at radius 2 is 2.16 bits per heavy atom. The van der Waals surface area contributed by atoms with Crippen molar-refractivity contribution in [3.8, 4) is 0 Å². The third kappa shape index (κ3) is 2.91. The van der Waals surface area contributed by atoms with Gasteiger partial charge in [-0.15, -0.1) is 0 Å². The molecule has 1 aromatic heterocycles. The van der Waals surface area contributed by atoms with Crippen molar-refractivity contribution in [2.24, 2.45) is 12.0 Å². The number of hydrogen-bond acceptors (Lipinski definition) is 3. The Balaban J connectivity index is 2.25. The van der Waals surface area contributed by atoms with Crippen LogP contribution in [0.2, 0.25) is 0 Å². The van der Waals surface area contributed by atoms with E-state index in [1.165, 1.54) is 7.11 Å². The molecule has 2 aromatic rings. The molecular formula is C15H16N2O2. The first-order chi connectivity index (χ1) is 9.11. The lowest BCUT2D eigenvalue weighted by Gasteiger charge is -2.03. The van der Waals surface area contributed by atoms with E-state index >= 15 is 0 Å². The van der Waals surface area contributed by atoms with Gasteiger partial charge in [-0.2, -0.15) is 0 Å². The van der Waals surface area contributed by atoms with Gasteiger partial charge in [0.1, 0.15) is 0 Å². The zero-order valence-electron chi connectivity index (χ0n) is 11.3. The predicted octanol–water partition coefficient (Wildman–Crippen LogP) is 2.87. The molecule has 0 aliphatic carbocycles. The normalized spacial score (nSPS) is 10.9. The number of aliphatic imine (C=N–C) groups is 1. The first kappa shape index (κ1) is 13.1. The van der Waals surface area contributed by atoms with Crippen LogP contribution in [0.5, 0.6) is 0 Å². The second-order valence-electron chi connectivity index (χ2n) is 4.30. The second kappa shape index (κ2) is 5.52. The van der Waals surface area contributed by atoms with Gasteiger partial charge in [-0.1, -0.05) is 0 Å². The first-order valence-electron chi connectivity index (χ1n) is 5.96. The Hall–Kier alpha value is -2.36. The molecule has 0 saturated heterocycles. The smallest absolute Gasteiger partial charge is 0.337 e. The summed E-state index contributed by atoms with van der Waals surface area (Å²) in [7, 11) is 3.34. The number of carbonyl (C=O) groups excluding carboxylic acids is 1. The number of benzene rings is 1. The van der Waals surface area contributed by atoms with Crippen LogP contribution in [0.1, 0.15) is 21.6 Å². The van der Waals surface area contributed by atoms with E-state index in [2.05, 4.69) is 9.73 Å². The van der Waals surface area contributed by atoms with Gasteiger partial charge in [0.15, 0.2) is 0 Å². The molecule has 0 bridgehead atoms. The van der Waals surface area contributed by atoms with Crippen LogP contribution in [-0.4, -0.2) is 23.9 Å². The summed E-state index contributed by atoms with van der Waals surface area (Å²) in [4.78, 5) is 15.8. The molecule has 0 aliphatic heterocycles. The fourth-order valence-corrected chi connectivity index (χ4v) is 1.79. The minimum absolute atomic E-state index is 0.332. The van der Waals surface area contributed by atoms with Crippen LogP contribution in [0.25, 0.3) is 0 Å². The summed E-state index contributed by atoms with van der Waals surface area (Å²) in [5.41, 5.74) is 3.34. The van der Waals surface area contributed by atoms with E-state index in [0.717, 1.165) is 16.9 Å². The van der Waals surface area contributed by atoms with Crippen molar-refractivity contribution < 1.29 is 9.53 Å². The Kier molecular flexibility index (Phi) is 3.80. The molecule has 0 amide bonds. The average Bonchev–Trinajstić information content (AvgIpc) is 2.82. The summed E-state index contributed by atoms with van der Waals surface area (Å²) in [6.45, 7) is 1.92. The van der Waals surface area contributed by atoms with Gasteiger partial charge in [0.2, 0.25) is 0 Å². The van der Waals surface area contributed by atoms with Crippen molar-refractivity contribution in [1.82, 2.24) is 4.57 Å². The predicted molar refractivity (Wildman–Crippen MR) is 75.2 cm³/mol. The molecule has 0 fully saturated rings. The Bertz CT molecular complexity index is 627. The molecule has 2 rings (SSSR count). The summed E-state index contributed by atoms with van der Waals surface area (Å²) < 4.78 is 6.67. The SMILES string of the molecule is COC(=O)c1ccc(N=Cc2cccn2C)c(C)c1. The van der Waals surface area contributed by atoms with Gasteiger partial charge in [0, 0.05) is 13.2 Å². The first-order valence-corrected chi connectivity index (χ1v) is 5.96. The standard InChI is InChI=1S/C15H16N2O2/c1-11-9-12(15(18)19-3)6-7-14(11)16-10-13-5-4-8-17(13)2/h4-10H,1-3H3. The van der Waals surface area contributed by atoms with Gasteiger partial charge in [0.25, 0.3) is 0 Å². The number of ether oxygens (including phenoxy) is 1. The van der Waals surface area contributed by atoms with Crippen molar-refractivity contribution in [2.45, 2.75) is 6.92 Å². The maximum atomic E-state index is 11.4. The molecule has 0 spiro atoms. The van der Waals surface area contributed by atoms with Gasteiger partial charge in [-0.3, -0.25) is 4.99 Å². The van der Waals surface area contributed by atoms with Gasteiger partial charge in [0.05, 0.1) is 30.3 Å². The fraction of sp³-hybridized carbons (Fsp3) is 0.200. The number of rotatable bonds is 3. The molecule has 0 N–H and O–H groups in total. The summed E-state index contributed by atoms with van der Waals surface area (Å²) in [6.07, 6.45) is 3.77. The minimum atomic E-state index is -0.332. The van der Waals surface area contributed by atoms with E-state index in [9.17, 15) is 4.79 Å². The van der Waals surface area contributed by atoms with Crippen LogP contribution < -0.4 is 0 Å². The molecule has 4 nitrogen and oxygen atoms in total. The summed E-state index contributed by atoms with van der Waals surface area (Å²) >= 11 is 0. The molecular weight excluding hydrogens is 240 g/mol. The summed E-state index contributed by atoms with van der Waals surface area (Å²) in [5.74, 6) is -0.332. The third-order valence-electron chi connectivity index (χ3n) is 2.94. The zero-order valence-corrected chi connectivity index (χ0v) is 11.3. The third-order valence-corrected chi connectivity index (χ3v) is 2.94. The number of aryl methyl sites for hydroxylation is 2. The van der Waals surface area contributed by atoms with Crippen LogP contribution >= 0.6 is 0 Å². The summed E-state index contributed by atoms with van der Waals surface area (Å²) in [5, 5.41) is 0. The van der Waals surface area contributed by atoms with E-state index in [4.69, 9.17) is 0 Å². The molecule has 0 atom stereocenters. The van der Waals surface area contributed by atoms with Crippen LogP contribution in [0.4, 0.5) is 5.69 Å². The van der Waals surface area contributed by atoms with Gasteiger partial charge < -0.3 is 9.30 Å². The highest BCUT2D eigenvalue weighted by atomic mass is 16.5. The lowest BCUT2D eigenvalue weighted by molar-refractivity contribution is 0.0600. The quantitative estimate of drug-likeness (QED) is 0.626. The topological polar surface area (TPSA) is 43.6 Å². The molecule has 0 saturated carbocycles. The lowest BCUT2D eigenvalue weighted by atomic mass is 10.1. The fourth-order valence-electron chi connectivity index (χ4n) is 1.79. The van der Waals surface area contributed by atoms with Crippen molar-refractivity contribution in [3.63, 3.8) is 0 Å². The Labute approximate surface area is 112 Å². The van der Waals surface area contributed by atoms with E-state index in [1.807, 2.05) is 42.9 Å². The van der Waals surface area contributed by atoms with Crippen LogP contribution in [0, 0.1) is 6.92 Å². The monoisotopic (exact) mass is 256 g/mol. The van der Waals surface area contributed by atoms with E-state index in [1.54, 1.807) is 18.3 Å². The molecule has 0 unspecified atom stereocenters. The van der Waals surface area contributed by atoms with Crippen LogP contribution in [0.15, 0.2) is 41.5 Å². The second-order valence-corrected chi connectivity index (χ2v) is 4.30. The molecule has 0 radical (unpaired) electrons. The van der Waals surface area contributed by atoms with Crippen LogP contribution in [0.3, 0.4) is 0 Å². The highest BCUT2D eigenvalue weighted by molar-refractivity contribution is 5.90. The molecule has 0 aliphatic rings. The molecule has 98 valence electrons. The molecule has 19 heavy (non-hydrogen) atoms. The molecule has 1 aromatic carbocycles. The maximum Gasteiger partial charge on any atom is 0.337 e. The van der Waals surface area contributed by atoms with Gasteiger partial charge in [-0.25, -0.2) is 4.79 Å². The number of aromatic nitrogens is 1. The van der Waals surface area contributed by atoms with Crippen molar-refractivity contribution in [3.05, 3.63) is 53.3 Å². The number of nitrogens with zero attached hydrogens (tertiary/aromatic N) is 2. The highest BCUT2D eigenvalue weighted by Crippen LogP contribution is 2.20. The van der Waals surface area contributed by atoms with E-state index in [0.29, 0.717) is 5.56 Å². The number of methoxy groups -OCH3 is 1. The largest absolute Gasteiger partial charge is 0.465 e. The number of hydrogen-bond donors (Lipinski definition) is 0. The van der Waals surface area contributed by atoms with Crippen molar-refractivity contribution in [2.75, 3.05) is 7.11 Å². The van der Waals surface area contributed by atoms with Gasteiger partial charge in [-0.05, 0) is 42.8 Å². The Morgan fingerprint density at radius 3 is 2.74 bits per heavy atom. The number of esters is 1. The minimum Gasteiger partial charge on any atom is -0.465 e.